The highest BCUT2D eigenvalue weighted by Crippen LogP contribution is 2.19. The number of hydrogen-bond donors (Lipinski definition) is 2. The van der Waals surface area contributed by atoms with Gasteiger partial charge in [0.05, 0.1) is 5.56 Å². The number of nitrogens with zero attached hydrogens (tertiary/aromatic N) is 2. The van der Waals surface area contributed by atoms with Crippen LogP contribution >= 0.6 is 0 Å². The standard InChI is InChI=1S/C18H19N3O3/c22-16-9-5-4-8-15(16)17(23)20-10-12-21(13-11-20)18(24)19-14-6-2-1-3-7-14/h1-9,22H,10-13H2,(H,19,24). The lowest BCUT2D eigenvalue weighted by Crippen LogP contribution is -2.51. The minimum atomic E-state index is -0.212. The predicted molar refractivity (Wildman–Crippen MR) is 91.0 cm³/mol. The largest absolute Gasteiger partial charge is 0.507 e. The van der Waals surface area contributed by atoms with Crippen molar-refractivity contribution in [1.29, 1.82) is 0 Å². The number of phenolic OH excluding ortho intramolecular Hbond substituents is 1. The molecule has 0 radical (unpaired) electrons. The van der Waals surface area contributed by atoms with Gasteiger partial charge in [-0.2, -0.15) is 0 Å². The number of amides is 3. The molecule has 1 fully saturated rings. The minimum absolute atomic E-state index is 0.0215. The Hall–Kier alpha value is -3.02. The molecular weight excluding hydrogens is 306 g/mol. The number of nitrogens with one attached hydrogen (secondary N) is 1. The summed E-state index contributed by atoms with van der Waals surface area (Å²) in [5.74, 6) is -0.233. The molecular formula is C18H19N3O3. The lowest BCUT2D eigenvalue weighted by molar-refractivity contribution is 0.0668. The maximum Gasteiger partial charge on any atom is 0.321 e. The molecule has 1 saturated heterocycles. The van der Waals surface area contributed by atoms with Crippen LogP contribution in [0, 0.1) is 0 Å². The third-order valence-electron chi connectivity index (χ3n) is 4.01. The van der Waals surface area contributed by atoms with Crippen LogP contribution in [0.5, 0.6) is 5.75 Å². The van der Waals surface area contributed by atoms with Crippen molar-refractivity contribution in [3.05, 3.63) is 60.2 Å². The van der Waals surface area contributed by atoms with Gasteiger partial charge in [-0.25, -0.2) is 4.79 Å². The molecule has 24 heavy (non-hydrogen) atoms. The van der Waals surface area contributed by atoms with E-state index in [-0.39, 0.29) is 17.7 Å². The van der Waals surface area contributed by atoms with E-state index in [4.69, 9.17) is 0 Å². The van der Waals surface area contributed by atoms with Crippen molar-refractivity contribution in [2.24, 2.45) is 0 Å². The Labute approximate surface area is 140 Å². The maximum atomic E-state index is 12.4. The molecule has 2 aromatic rings. The average Bonchev–Trinajstić information content (AvgIpc) is 2.62. The van der Waals surface area contributed by atoms with Gasteiger partial charge in [-0.05, 0) is 24.3 Å². The summed E-state index contributed by atoms with van der Waals surface area (Å²) in [5, 5.41) is 12.6. The van der Waals surface area contributed by atoms with Gasteiger partial charge in [0.2, 0.25) is 0 Å². The number of phenols is 1. The summed E-state index contributed by atoms with van der Waals surface area (Å²) in [6.45, 7) is 1.79. The van der Waals surface area contributed by atoms with Crippen LogP contribution in [0.25, 0.3) is 0 Å². The summed E-state index contributed by atoms with van der Waals surface area (Å²) in [5.41, 5.74) is 1.04. The van der Waals surface area contributed by atoms with Crippen LogP contribution in [0.1, 0.15) is 10.4 Å². The summed E-state index contributed by atoms with van der Waals surface area (Å²) in [6.07, 6.45) is 0. The van der Waals surface area contributed by atoms with E-state index in [0.29, 0.717) is 31.7 Å². The second kappa shape index (κ2) is 7.04. The summed E-state index contributed by atoms with van der Waals surface area (Å²) in [4.78, 5) is 28.0. The van der Waals surface area contributed by atoms with E-state index < -0.39 is 0 Å². The molecule has 124 valence electrons. The van der Waals surface area contributed by atoms with Crippen LogP contribution < -0.4 is 5.32 Å². The Kier molecular flexibility index (Phi) is 4.65. The van der Waals surface area contributed by atoms with Gasteiger partial charge in [0.1, 0.15) is 5.75 Å². The van der Waals surface area contributed by atoms with Crippen molar-refractivity contribution in [3.8, 4) is 5.75 Å². The van der Waals surface area contributed by atoms with Crippen molar-refractivity contribution >= 4 is 17.6 Å². The average molecular weight is 325 g/mol. The molecule has 3 amide bonds. The number of anilines is 1. The van der Waals surface area contributed by atoms with Gasteiger partial charge in [-0.1, -0.05) is 30.3 Å². The molecule has 6 heteroatoms. The maximum absolute atomic E-state index is 12.4. The first kappa shape index (κ1) is 15.9. The van der Waals surface area contributed by atoms with Crippen LogP contribution in [0.4, 0.5) is 10.5 Å². The molecule has 2 aromatic carbocycles. The Morgan fingerprint density at radius 3 is 2.08 bits per heavy atom. The number of hydrogen-bond acceptors (Lipinski definition) is 3. The number of piperazine rings is 1. The number of carbonyl (C=O) groups is 2. The zero-order valence-corrected chi connectivity index (χ0v) is 13.2. The molecule has 0 bridgehead atoms. The number of benzene rings is 2. The van der Waals surface area contributed by atoms with Crippen molar-refractivity contribution in [2.75, 3.05) is 31.5 Å². The molecule has 0 spiro atoms. The van der Waals surface area contributed by atoms with Gasteiger partial charge < -0.3 is 20.2 Å². The molecule has 0 aliphatic carbocycles. The Bertz CT molecular complexity index is 725. The lowest BCUT2D eigenvalue weighted by Gasteiger charge is -2.34. The summed E-state index contributed by atoms with van der Waals surface area (Å²) in [7, 11) is 0. The van der Waals surface area contributed by atoms with Gasteiger partial charge in [-0.15, -0.1) is 0 Å². The van der Waals surface area contributed by atoms with E-state index in [9.17, 15) is 14.7 Å². The number of urea groups is 1. The number of para-hydroxylation sites is 2. The molecule has 0 aromatic heterocycles. The topological polar surface area (TPSA) is 72.9 Å². The molecule has 1 aliphatic heterocycles. The summed E-state index contributed by atoms with van der Waals surface area (Å²) in [6, 6.07) is 15.6. The molecule has 1 heterocycles. The van der Waals surface area contributed by atoms with Crippen LogP contribution in [0.3, 0.4) is 0 Å². The molecule has 0 unspecified atom stereocenters. The first-order valence-electron chi connectivity index (χ1n) is 7.83. The van der Waals surface area contributed by atoms with Gasteiger partial charge in [0, 0.05) is 31.9 Å². The van der Waals surface area contributed by atoms with Crippen LogP contribution in [0.2, 0.25) is 0 Å². The first-order chi connectivity index (χ1) is 11.6. The van der Waals surface area contributed by atoms with Crippen LogP contribution in [-0.2, 0) is 0 Å². The minimum Gasteiger partial charge on any atom is -0.507 e. The SMILES string of the molecule is O=C(Nc1ccccc1)N1CCN(C(=O)c2ccccc2O)CC1. The fourth-order valence-electron chi connectivity index (χ4n) is 2.66. The van der Waals surface area contributed by atoms with E-state index in [1.54, 1.807) is 28.0 Å². The van der Waals surface area contributed by atoms with E-state index in [1.165, 1.54) is 6.07 Å². The van der Waals surface area contributed by atoms with Gasteiger partial charge in [-0.3, -0.25) is 4.79 Å². The monoisotopic (exact) mass is 325 g/mol. The Morgan fingerprint density at radius 1 is 0.833 bits per heavy atom. The zero-order chi connectivity index (χ0) is 16.9. The lowest BCUT2D eigenvalue weighted by atomic mass is 10.1. The van der Waals surface area contributed by atoms with Gasteiger partial charge >= 0.3 is 6.03 Å². The van der Waals surface area contributed by atoms with E-state index in [1.807, 2.05) is 30.3 Å². The highest BCUT2D eigenvalue weighted by Gasteiger charge is 2.26. The van der Waals surface area contributed by atoms with Crippen molar-refractivity contribution in [1.82, 2.24) is 9.80 Å². The van der Waals surface area contributed by atoms with Gasteiger partial charge in [0.15, 0.2) is 0 Å². The summed E-state index contributed by atoms with van der Waals surface area (Å²) >= 11 is 0. The van der Waals surface area contributed by atoms with Crippen molar-refractivity contribution in [3.63, 3.8) is 0 Å². The summed E-state index contributed by atoms with van der Waals surface area (Å²) < 4.78 is 0. The number of rotatable bonds is 2. The second-order valence-electron chi connectivity index (χ2n) is 5.59. The van der Waals surface area contributed by atoms with E-state index in [0.717, 1.165) is 5.69 Å². The normalized spacial score (nSPS) is 14.3. The van der Waals surface area contributed by atoms with E-state index in [2.05, 4.69) is 5.32 Å². The molecule has 0 atom stereocenters. The van der Waals surface area contributed by atoms with Crippen molar-refractivity contribution in [2.45, 2.75) is 0 Å². The first-order valence-corrected chi connectivity index (χ1v) is 7.83. The fraction of sp³-hybridized carbons (Fsp3) is 0.222. The Morgan fingerprint density at radius 2 is 1.42 bits per heavy atom. The molecule has 6 nitrogen and oxygen atoms in total. The number of aromatic hydroxyl groups is 1. The highest BCUT2D eigenvalue weighted by molar-refractivity contribution is 5.97. The van der Waals surface area contributed by atoms with Gasteiger partial charge in [0.25, 0.3) is 5.91 Å². The highest BCUT2D eigenvalue weighted by atomic mass is 16.3. The van der Waals surface area contributed by atoms with Crippen molar-refractivity contribution < 1.29 is 14.7 Å². The second-order valence-corrected chi connectivity index (χ2v) is 5.59. The smallest absolute Gasteiger partial charge is 0.321 e. The third-order valence-corrected chi connectivity index (χ3v) is 4.01. The predicted octanol–water partition coefficient (Wildman–Crippen LogP) is 2.38. The molecule has 0 saturated carbocycles. The molecule has 3 rings (SSSR count). The van der Waals surface area contributed by atoms with E-state index >= 15 is 0 Å². The number of carbonyl (C=O) groups excluding carboxylic acids is 2. The zero-order valence-electron chi connectivity index (χ0n) is 13.2. The fourth-order valence-corrected chi connectivity index (χ4v) is 2.66. The Balaban J connectivity index is 1.57. The van der Waals surface area contributed by atoms with Crippen LogP contribution in [0.15, 0.2) is 54.6 Å². The molecule has 1 aliphatic rings. The molecule has 2 N–H and O–H groups in total. The van der Waals surface area contributed by atoms with Crippen LogP contribution in [-0.4, -0.2) is 53.0 Å². The third kappa shape index (κ3) is 3.48. The quantitative estimate of drug-likeness (QED) is 0.890.